The summed E-state index contributed by atoms with van der Waals surface area (Å²) in [6.45, 7) is 0. The number of fused-ring (bicyclic) bond motifs is 1. The number of halogens is 2. The third-order valence-electron chi connectivity index (χ3n) is 2.17. The molecule has 0 radical (unpaired) electrons. The molecule has 1 aliphatic rings. The highest BCUT2D eigenvalue weighted by atomic mass is 35.5. The topological polar surface area (TPSA) is 44.0 Å². The Bertz CT molecular complexity index is 486. The predicted octanol–water partition coefficient (Wildman–Crippen LogP) is 3.34. The predicted molar refractivity (Wildman–Crippen MR) is 55.3 cm³/mol. The number of hydrogen-bond acceptors (Lipinski definition) is 2. The summed E-state index contributed by atoms with van der Waals surface area (Å²) in [7, 11) is 0. The van der Waals surface area contributed by atoms with Crippen molar-refractivity contribution < 1.29 is 5.11 Å². The summed E-state index contributed by atoms with van der Waals surface area (Å²) in [5, 5.41) is 19.1. The van der Waals surface area contributed by atoms with Gasteiger partial charge in [-0.2, -0.15) is 5.26 Å². The molecule has 2 nitrogen and oxygen atoms in total. The highest BCUT2D eigenvalue weighted by Crippen LogP contribution is 2.36. The van der Waals surface area contributed by atoms with E-state index in [9.17, 15) is 5.11 Å². The Kier molecular flexibility index (Phi) is 2.14. The second-order valence-corrected chi connectivity index (χ2v) is 3.85. The molecule has 0 heterocycles. The molecule has 2 rings (SSSR count). The summed E-state index contributed by atoms with van der Waals surface area (Å²) in [6.07, 6.45) is 0.356. The van der Waals surface area contributed by atoms with E-state index >= 15 is 0 Å². The molecule has 0 atom stereocenters. The largest absolute Gasteiger partial charge is 0.511 e. The zero-order valence-electron chi connectivity index (χ0n) is 7.01. The molecule has 0 saturated heterocycles. The van der Waals surface area contributed by atoms with E-state index in [0.717, 1.165) is 5.56 Å². The monoisotopic (exact) mass is 225 g/mol. The Morgan fingerprint density at radius 3 is 2.57 bits per heavy atom. The van der Waals surface area contributed by atoms with Crippen LogP contribution in [0.25, 0.3) is 5.57 Å². The molecule has 1 aromatic carbocycles. The van der Waals surface area contributed by atoms with E-state index in [1.54, 1.807) is 12.1 Å². The van der Waals surface area contributed by atoms with Crippen molar-refractivity contribution in [2.45, 2.75) is 6.42 Å². The fourth-order valence-corrected chi connectivity index (χ4v) is 1.87. The standard InChI is InChI=1S/C10H5Cl2NO/c11-8-1-5-2-10(14)7(4-13)6(5)3-9(8)12/h1,3,14H,2H2. The quantitative estimate of drug-likeness (QED) is 0.737. The van der Waals surface area contributed by atoms with Crippen LogP contribution < -0.4 is 0 Å². The van der Waals surface area contributed by atoms with E-state index in [2.05, 4.69) is 0 Å². The zero-order valence-corrected chi connectivity index (χ0v) is 8.52. The van der Waals surface area contributed by atoms with Crippen molar-refractivity contribution in [2.24, 2.45) is 0 Å². The number of aliphatic hydroxyl groups is 1. The van der Waals surface area contributed by atoms with E-state index in [4.69, 9.17) is 28.5 Å². The Balaban J connectivity index is 2.65. The lowest BCUT2D eigenvalue weighted by Gasteiger charge is -2.01. The molecule has 1 aromatic rings. The molecule has 0 aliphatic heterocycles. The summed E-state index contributed by atoms with van der Waals surface area (Å²) in [4.78, 5) is 0. The maximum Gasteiger partial charge on any atom is 0.115 e. The molecule has 0 bridgehead atoms. The van der Waals surface area contributed by atoms with Crippen LogP contribution in [-0.2, 0) is 6.42 Å². The Labute approximate surface area is 91.0 Å². The van der Waals surface area contributed by atoms with Gasteiger partial charge in [-0.05, 0) is 17.7 Å². The van der Waals surface area contributed by atoms with Gasteiger partial charge >= 0.3 is 0 Å². The van der Waals surface area contributed by atoms with Crippen molar-refractivity contribution in [3.05, 3.63) is 39.1 Å². The van der Waals surface area contributed by atoms with Crippen LogP contribution in [0.4, 0.5) is 0 Å². The van der Waals surface area contributed by atoms with E-state index < -0.39 is 0 Å². The number of hydrogen-bond donors (Lipinski definition) is 1. The summed E-state index contributed by atoms with van der Waals surface area (Å²) >= 11 is 11.6. The minimum absolute atomic E-state index is 0.0841. The fraction of sp³-hybridized carbons (Fsp3) is 0.100. The van der Waals surface area contributed by atoms with Gasteiger partial charge in [-0.25, -0.2) is 0 Å². The maximum atomic E-state index is 9.46. The first-order valence-electron chi connectivity index (χ1n) is 3.94. The Morgan fingerprint density at radius 1 is 1.29 bits per heavy atom. The van der Waals surface area contributed by atoms with Crippen molar-refractivity contribution >= 4 is 28.8 Å². The highest BCUT2D eigenvalue weighted by Gasteiger charge is 2.22. The second kappa shape index (κ2) is 3.20. The summed E-state index contributed by atoms with van der Waals surface area (Å²) < 4.78 is 0. The number of rotatable bonds is 0. The van der Waals surface area contributed by atoms with Gasteiger partial charge < -0.3 is 5.11 Å². The van der Waals surface area contributed by atoms with Crippen LogP contribution in [0.1, 0.15) is 11.1 Å². The van der Waals surface area contributed by atoms with Gasteiger partial charge in [0.05, 0.1) is 15.6 Å². The molecule has 0 unspecified atom stereocenters. The minimum atomic E-state index is 0.0841. The maximum absolute atomic E-state index is 9.46. The summed E-state index contributed by atoms with van der Waals surface area (Å²) in [6, 6.07) is 5.24. The fourth-order valence-electron chi connectivity index (χ4n) is 1.52. The Morgan fingerprint density at radius 2 is 1.93 bits per heavy atom. The van der Waals surface area contributed by atoms with Gasteiger partial charge in [0.15, 0.2) is 0 Å². The number of nitrogens with zero attached hydrogens (tertiary/aromatic N) is 1. The van der Waals surface area contributed by atoms with Crippen LogP contribution >= 0.6 is 23.2 Å². The number of aliphatic hydroxyl groups excluding tert-OH is 1. The SMILES string of the molecule is N#CC1=C(O)Cc2cc(Cl)c(Cl)cc21. The van der Waals surface area contributed by atoms with Crippen LogP contribution in [0, 0.1) is 11.3 Å². The zero-order chi connectivity index (χ0) is 10.3. The normalized spacial score (nSPS) is 14.1. The van der Waals surface area contributed by atoms with Gasteiger partial charge in [0.1, 0.15) is 11.8 Å². The lowest BCUT2D eigenvalue weighted by Crippen LogP contribution is -1.84. The number of nitriles is 1. The average Bonchev–Trinajstić information content (AvgIpc) is 2.42. The molecule has 0 amide bonds. The lowest BCUT2D eigenvalue weighted by molar-refractivity contribution is 0.406. The van der Waals surface area contributed by atoms with Crippen molar-refractivity contribution in [1.82, 2.24) is 0 Å². The summed E-state index contributed by atoms with van der Waals surface area (Å²) in [5.41, 5.74) is 1.81. The molecule has 0 spiro atoms. The molecule has 1 N–H and O–H groups in total. The highest BCUT2D eigenvalue weighted by molar-refractivity contribution is 6.42. The van der Waals surface area contributed by atoms with Gasteiger partial charge in [-0.15, -0.1) is 0 Å². The third kappa shape index (κ3) is 1.26. The first kappa shape index (κ1) is 9.39. The van der Waals surface area contributed by atoms with Crippen molar-refractivity contribution in [2.75, 3.05) is 0 Å². The smallest absolute Gasteiger partial charge is 0.115 e. The van der Waals surface area contributed by atoms with Gasteiger partial charge in [0.25, 0.3) is 0 Å². The van der Waals surface area contributed by atoms with Crippen LogP contribution in [0.2, 0.25) is 10.0 Å². The molecule has 4 heteroatoms. The van der Waals surface area contributed by atoms with Crippen molar-refractivity contribution in [3.8, 4) is 6.07 Å². The van der Waals surface area contributed by atoms with E-state index in [0.29, 0.717) is 27.6 Å². The third-order valence-corrected chi connectivity index (χ3v) is 2.90. The molecule has 0 fully saturated rings. The van der Waals surface area contributed by atoms with Crippen molar-refractivity contribution in [3.63, 3.8) is 0 Å². The molecule has 14 heavy (non-hydrogen) atoms. The van der Waals surface area contributed by atoms with Gasteiger partial charge in [-0.3, -0.25) is 0 Å². The van der Waals surface area contributed by atoms with E-state index in [1.807, 2.05) is 6.07 Å². The molecule has 70 valence electrons. The van der Waals surface area contributed by atoms with Crippen LogP contribution in [-0.4, -0.2) is 5.11 Å². The van der Waals surface area contributed by atoms with E-state index in [1.165, 1.54) is 0 Å². The van der Waals surface area contributed by atoms with Gasteiger partial charge in [-0.1, -0.05) is 23.2 Å². The minimum Gasteiger partial charge on any atom is -0.511 e. The lowest BCUT2D eigenvalue weighted by atomic mass is 10.1. The molecule has 0 aromatic heterocycles. The van der Waals surface area contributed by atoms with Crippen LogP contribution in [0.3, 0.4) is 0 Å². The molecule has 1 aliphatic carbocycles. The van der Waals surface area contributed by atoms with E-state index in [-0.39, 0.29) is 5.76 Å². The Hall–Kier alpha value is -1.17. The molecular formula is C10H5Cl2NO. The number of benzene rings is 1. The second-order valence-electron chi connectivity index (χ2n) is 3.03. The first-order valence-corrected chi connectivity index (χ1v) is 4.69. The van der Waals surface area contributed by atoms with Crippen molar-refractivity contribution in [1.29, 1.82) is 5.26 Å². The van der Waals surface area contributed by atoms with Crippen LogP contribution in [0.5, 0.6) is 0 Å². The summed E-state index contributed by atoms with van der Waals surface area (Å²) in [5.74, 6) is 0.0841. The molecular weight excluding hydrogens is 221 g/mol. The van der Waals surface area contributed by atoms with Crippen LogP contribution in [0.15, 0.2) is 17.9 Å². The average molecular weight is 226 g/mol. The first-order chi connectivity index (χ1) is 6.63. The van der Waals surface area contributed by atoms with Gasteiger partial charge in [0.2, 0.25) is 0 Å². The molecule has 0 saturated carbocycles. The van der Waals surface area contributed by atoms with Gasteiger partial charge in [0, 0.05) is 12.0 Å². The number of allylic oxidation sites excluding steroid dienone is 2.